The van der Waals surface area contributed by atoms with E-state index in [0.29, 0.717) is 6.54 Å². The van der Waals surface area contributed by atoms with Crippen LogP contribution in [0.5, 0.6) is 0 Å². The number of hydrogen-bond donors (Lipinski definition) is 2. The van der Waals surface area contributed by atoms with Crippen molar-refractivity contribution < 1.29 is 4.79 Å². The zero-order chi connectivity index (χ0) is 12.8. The fourth-order valence-corrected chi connectivity index (χ4v) is 1.91. The lowest BCUT2D eigenvalue weighted by Crippen LogP contribution is -2.29. The lowest BCUT2D eigenvalue weighted by molar-refractivity contribution is -0.118. The van der Waals surface area contributed by atoms with Crippen LogP contribution in [0, 0.1) is 0 Å². The molecule has 3 nitrogen and oxygen atoms in total. The summed E-state index contributed by atoms with van der Waals surface area (Å²) in [6, 6.07) is 14.8. The summed E-state index contributed by atoms with van der Waals surface area (Å²) >= 11 is 0. The van der Waals surface area contributed by atoms with E-state index in [0.717, 1.165) is 13.1 Å². The molecule has 0 bridgehead atoms. The first-order valence-corrected chi connectivity index (χ1v) is 6.18. The summed E-state index contributed by atoms with van der Waals surface area (Å²) in [7, 11) is 0. The van der Waals surface area contributed by atoms with Gasteiger partial charge in [-0.15, -0.1) is 0 Å². The Hall–Kier alpha value is -1.87. The topological polar surface area (TPSA) is 41.1 Å². The maximum absolute atomic E-state index is 10.7. The van der Waals surface area contributed by atoms with E-state index in [9.17, 15) is 4.79 Å². The van der Waals surface area contributed by atoms with Gasteiger partial charge < -0.3 is 10.6 Å². The zero-order valence-corrected chi connectivity index (χ0v) is 10.6. The fourth-order valence-electron chi connectivity index (χ4n) is 1.91. The average molecular weight is 242 g/mol. The van der Waals surface area contributed by atoms with Gasteiger partial charge in [-0.3, -0.25) is 4.79 Å². The highest BCUT2D eigenvalue weighted by atomic mass is 16.1. The molecule has 0 atom stereocenters. The molecule has 18 heavy (non-hydrogen) atoms. The van der Waals surface area contributed by atoms with Crippen molar-refractivity contribution in [2.24, 2.45) is 0 Å². The molecule has 0 radical (unpaired) electrons. The van der Waals surface area contributed by atoms with Crippen molar-refractivity contribution in [2.75, 3.05) is 13.1 Å². The van der Waals surface area contributed by atoms with E-state index in [4.69, 9.17) is 0 Å². The predicted octanol–water partition coefficient (Wildman–Crippen LogP) is 2.07. The van der Waals surface area contributed by atoms with E-state index in [1.54, 1.807) is 0 Å². The number of benzene rings is 2. The monoisotopic (exact) mass is 242 g/mol. The van der Waals surface area contributed by atoms with Crippen LogP contribution in [0.25, 0.3) is 10.8 Å². The minimum absolute atomic E-state index is 0.0162. The van der Waals surface area contributed by atoms with Crippen LogP contribution >= 0.6 is 0 Å². The molecule has 2 aromatic rings. The van der Waals surface area contributed by atoms with Crippen LogP contribution in [0.1, 0.15) is 12.5 Å². The van der Waals surface area contributed by atoms with Crippen molar-refractivity contribution in [3.05, 3.63) is 48.0 Å². The maximum atomic E-state index is 10.7. The number of rotatable bonds is 5. The predicted molar refractivity (Wildman–Crippen MR) is 74.3 cm³/mol. The van der Waals surface area contributed by atoms with Gasteiger partial charge in [0.25, 0.3) is 0 Å². The van der Waals surface area contributed by atoms with Crippen LogP contribution in [0.4, 0.5) is 0 Å². The summed E-state index contributed by atoms with van der Waals surface area (Å²) < 4.78 is 0. The number of hydrogen-bond acceptors (Lipinski definition) is 2. The third kappa shape index (κ3) is 3.57. The molecule has 0 aliphatic carbocycles. The summed E-state index contributed by atoms with van der Waals surface area (Å²) in [6.07, 6.45) is 0. The second-order valence-electron chi connectivity index (χ2n) is 4.34. The minimum Gasteiger partial charge on any atom is -0.355 e. The van der Waals surface area contributed by atoms with Gasteiger partial charge in [0, 0.05) is 26.6 Å². The Morgan fingerprint density at radius 2 is 1.83 bits per heavy atom. The van der Waals surface area contributed by atoms with Crippen molar-refractivity contribution in [1.29, 1.82) is 0 Å². The Morgan fingerprint density at radius 3 is 2.61 bits per heavy atom. The van der Waals surface area contributed by atoms with Crippen molar-refractivity contribution in [1.82, 2.24) is 10.6 Å². The fraction of sp³-hybridized carbons (Fsp3) is 0.267. The molecular formula is C15H18N2O. The third-order valence-electron chi connectivity index (χ3n) is 2.82. The molecule has 0 aliphatic heterocycles. The van der Waals surface area contributed by atoms with Crippen LogP contribution in [-0.4, -0.2) is 19.0 Å². The van der Waals surface area contributed by atoms with Gasteiger partial charge in [-0.05, 0) is 22.4 Å². The van der Waals surface area contributed by atoms with Crippen LogP contribution in [-0.2, 0) is 11.3 Å². The number of carbonyl (C=O) groups is 1. The molecule has 94 valence electrons. The molecule has 2 rings (SSSR count). The van der Waals surface area contributed by atoms with Gasteiger partial charge in [-0.2, -0.15) is 0 Å². The highest BCUT2D eigenvalue weighted by Gasteiger charge is 1.96. The second kappa shape index (κ2) is 6.17. The molecule has 0 heterocycles. The zero-order valence-electron chi connectivity index (χ0n) is 10.6. The van der Waals surface area contributed by atoms with Crippen molar-refractivity contribution in [2.45, 2.75) is 13.5 Å². The summed E-state index contributed by atoms with van der Waals surface area (Å²) in [6.45, 7) is 3.81. The van der Waals surface area contributed by atoms with E-state index in [1.165, 1.54) is 23.3 Å². The van der Waals surface area contributed by atoms with Crippen molar-refractivity contribution in [3.63, 3.8) is 0 Å². The minimum atomic E-state index is 0.0162. The van der Waals surface area contributed by atoms with Gasteiger partial charge in [-0.25, -0.2) is 0 Å². The van der Waals surface area contributed by atoms with E-state index in [-0.39, 0.29) is 5.91 Å². The Labute approximate surface area is 107 Å². The van der Waals surface area contributed by atoms with Gasteiger partial charge in [0.2, 0.25) is 5.91 Å². The molecule has 1 amide bonds. The van der Waals surface area contributed by atoms with Gasteiger partial charge >= 0.3 is 0 Å². The molecule has 2 aromatic carbocycles. The molecule has 0 spiro atoms. The summed E-state index contributed by atoms with van der Waals surface area (Å²) in [4.78, 5) is 10.7. The summed E-state index contributed by atoms with van der Waals surface area (Å²) in [5.41, 5.74) is 1.26. The normalized spacial score (nSPS) is 10.5. The summed E-state index contributed by atoms with van der Waals surface area (Å²) in [5, 5.41) is 8.59. The number of carbonyl (C=O) groups excluding carboxylic acids is 1. The Balaban J connectivity index is 1.86. The highest BCUT2D eigenvalue weighted by Crippen LogP contribution is 2.15. The lowest BCUT2D eigenvalue weighted by atomic mass is 10.1. The first-order valence-electron chi connectivity index (χ1n) is 6.18. The molecule has 3 heteroatoms. The van der Waals surface area contributed by atoms with Gasteiger partial charge in [0.15, 0.2) is 0 Å². The standard InChI is InChI=1S/C15H18N2O/c1-12(18)17-9-8-16-11-13-6-7-14-4-2-3-5-15(14)10-13/h2-7,10,16H,8-9,11H2,1H3,(H,17,18). The Bertz CT molecular complexity index is 537. The van der Waals surface area contributed by atoms with Gasteiger partial charge in [-0.1, -0.05) is 36.4 Å². The molecule has 0 saturated heterocycles. The van der Waals surface area contributed by atoms with E-state index >= 15 is 0 Å². The lowest BCUT2D eigenvalue weighted by Gasteiger charge is -2.06. The molecule has 0 aliphatic rings. The molecular weight excluding hydrogens is 224 g/mol. The first-order chi connectivity index (χ1) is 8.75. The van der Waals surface area contributed by atoms with Gasteiger partial charge in [0.1, 0.15) is 0 Å². The number of nitrogens with one attached hydrogen (secondary N) is 2. The van der Waals surface area contributed by atoms with Crippen LogP contribution in [0.15, 0.2) is 42.5 Å². The van der Waals surface area contributed by atoms with Crippen LogP contribution in [0.3, 0.4) is 0 Å². The van der Waals surface area contributed by atoms with Crippen LogP contribution in [0.2, 0.25) is 0 Å². The average Bonchev–Trinajstić information content (AvgIpc) is 2.38. The molecule has 0 unspecified atom stereocenters. The third-order valence-corrected chi connectivity index (χ3v) is 2.82. The van der Waals surface area contributed by atoms with E-state index in [2.05, 4.69) is 47.0 Å². The van der Waals surface area contributed by atoms with Crippen LogP contribution < -0.4 is 10.6 Å². The number of amides is 1. The van der Waals surface area contributed by atoms with Crippen molar-refractivity contribution in [3.8, 4) is 0 Å². The highest BCUT2D eigenvalue weighted by molar-refractivity contribution is 5.82. The first kappa shape index (κ1) is 12.6. The van der Waals surface area contributed by atoms with E-state index < -0.39 is 0 Å². The molecule has 2 N–H and O–H groups in total. The smallest absolute Gasteiger partial charge is 0.216 e. The quantitative estimate of drug-likeness (QED) is 0.788. The molecule has 0 aromatic heterocycles. The Morgan fingerprint density at radius 1 is 1.06 bits per heavy atom. The summed E-state index contributed by atoms with van der Waals surface area (Å²) in [5.74, 6) is 0.0162. The Kier molecular flexibility index (Phi) is 4.31. The second-order valence-corrected chi connectivity index (χ2v) is 4.34. The van der Waals surface area contributed by atoms with Gasteiger partial charge in [0.05, 0.1) is 0 Å². The van der Waals surface area contributed by atoms with Crippen molar-refractivity contribution >= 4 is 16.7 Å². The SMILES string of the molecule is CC(=O)NCCNCc1ccc2ccccc2c1. The molecule has 0 fully saturated rings. The largest absolute Gasteiger partial charge is 0.355 e. The maximum Gasteiger partial charge on any atom is 0.216 e. The van der Waals surface area contributed by atoms with E-state index in [1.807, 2.05) is 6.07 Å². The number of fused-ring (bicyclic) bond motifs is 1. The molecule has 0 saturated carbocycles.